The molecule has 0 saturated carbocycles. The average molecular weight is 301 g/mol. The van der Waals surface area contributed by atoms with E-state index in [0.717, 1.165) is 0 Å². The first kappa shape index (κ1) is 15.5. The van der Waals surface area contributed by atoms with Crippen LogP contribution in [0.25, 0.3) is 17.0 Å². The first-order valence-corrected chi connectivity index (χ1v) is 6.74. The highest BCUT2D eigenvalue weighted by Crippen LogP contribution is 2.10. The largest absolute Gasteiger partial charge is 0.465 e. The Hall–Kier alpha value is -2.89. The third-order valence-corrected chi connectivity index (χ3v) is 2.83. The maximum absolute atomic E-state index is 12.2. The van der Waals surface area contributed by atoms with Gasteiger partial charge in [0.05, 0.1) is 17.6 Å². The van der Waals surface area contributed by atoms with E-state index in [1.165, 1.54) is 18.4 Å². The van der Waals surface area contributed by atoms with Crippen molar-refractivity contribution in [3.63, 3.8) is 0 Å². The van der Waals surface area contributed by atoms with E-state index in [2.05, 4.69) is 10.1 Å². The summed E-state index contributed by atoms with van der Waals surface area (Å²) in [4.78, 5) is 34.8. The molecule has 0 fully saturated rings. The van der Waals surface area contributed by atoms with Gasteiger partial charge in [-0.15, -0.1) is 0 Å². The lowest BCUT2D eigenvalue weighted by Crippen LogP contribution is -2.29. The number of ether oxygens (including phenoxy) is 1. The fourth-order valence-corrected chi connectivity index (χ4v) is 1.80. The van der Waals surface area contributed by atoms with E-state index in [1.807, 2.05) is 0 Å². The van der Waals surface area contributed by atoms with Gasteiger partial charge in [0.1, 0.15) is 18.4 Å². The van der Waals surface area contributed by atoms with Gasteiger partial charge in [-0.2, -0.15) is 0 Å². The summed E-state index contributed by atoms with van der Waals surface area (Å²) in [6, 6.07) is 6.85. The number of hydrogen-bond acceptors (Lipinski definition) is 5. The summed E-state index contributed by atoms with van der Waals surface area (Å²) in [6.45, 7) is 1.71. The summed E-state index contributed by atoms with van der Waals surface area (Å²) < 4.78 is 10.0. The Labute approximate surface area is 126 Å². The van der Waals surface area contributed by atoms with Crippen LogP contribution in [0.1, 0.15) is 12.5 Å². The quantitative estimate of drug-likeness (QED) is 0.668. The topological polar surface area (TPSA) is 85.6 Å². The first-order chi connectivity index (χ1) is 10.6. The summed E-state index contributed by atoms with van der Waals surface area (Å²) in [6.07, 6.45) is 3.80. The van der Waals surface area contributed by atoms with Crippen molar-refractivity contribution in [2.24, 2.45) is 0 Å². The lowest BCUT2D eigenvalue weighted by atomic mass is 10.1. The fraction of sp³-hybridized carbons (Fsp3) is 0.188. The summed E-state index contributed by atoms with van der Waals surface area (Å²) in [5, 5.41) is 2.80. The van der Waals surface area contributed by atoms with Crippen molar-refractivity contribution < 1.29 is 18.7 Å². The lowest BCUT2D eigenvalue weighted by Gasteiger charge is -2.02. The SMILES string of the molecule is CCOC(=O)CNC(=O)/C=C/c1coc2ccccc2c1=O. The number of amides is 1. The molecule has 1 N–H and O–H groups in total. The van der Waals surface area contributed by atoms with Crippen LogP contribution in [0, 0.1) is 0 Å². The molecule has 1 heterocycles. The highest BCUT2D eigenvalue weighted by atomic mass is 16.5. The van der Waals surface area contributed by atoms with Gasteiger partial charge in [0.2, 0.25) is 5.91 Å². The molecule has 1 aromatic heterocycles. The Morgan fingerprint density at radius 3 is 2.86 bits per heavy atom. The van der Waals surface area contributed by atoms with Gasteiger partial charge in [-0.3, -0.25) is 14.4 Å². The molecular weight excluding hydrogens is 286 g/mol. The number of hydrogen-bond donors (Lipinski definition) is 1. The standard InChI is InChI=1S/C16H15NO5/c1-2-21-15(19)9-17-14(18)8-7-11-10-22-13-6-4-3-5-12(13)16(11)20/h3-8,10H,2,9H2,1H3,(H,17,18)/b8-7+. The fourth-order valence-electron chi connectivity index (χ4n) is 1.80. The molecule has 114 valence electrons. The van der Waals surface area contributed by atoms with Crippen LogP contribution in [0.3, 0.4) is 0 Å². The second kappa shape index (κ2) is 7.21. The Bertz CT molecular complexity index is 775. The summed E-state index contributed by atoms with van der Waals surface area (Å²) >= 11 is 0. The minimum absolute atomic E-state index is 0.219. The lowest BCUT2D eigenvalue weighted by molar-refractivity contribution is -0.143. The van der Waals surface area contributed by atoms with E-state index in [4.69, 9.17) is 4.42 Å². The number of carbonyl (C=O) groups is 2. The molecule has 2 aromatic rings. The minimum atomic E-state index is -0.519. The maximum Gasteiger partial charge on any atom is 0.325 e. The van der Waals surface area contributed by atoms with Crippen molar-refractivity contribution in [2.45, 2.75) is 6.92 Å². The number of para-hydroxylation sites is 1. The first-order valence-electron chi connectivity index (χ1n) is 6.74. The zero-order valence-corrected chi connectivity index (χ0v) is 12.0. The van der Waals surface area contributed by atoms with E-state index in [0.29, 0.717) is 11.0 Å². The number of carbonyl (C=O) groups excluding carboxylic acids is 2. The van der Waals surface area contributed by atoms with Crippen LogP contribution < -0.4 is 10.7 Å². The third kappa shape index (κ3) is 3.82. The minimum Gasteiger partial charge on any atom is -0.465 e. The van der Waals surface area contributed by atoms with Gasteiger partial charge in [-0.25, -0.2) is 0 Å². The van der Waals surface area contributed by atoms with E-state index in [9.17, 15) is 14.4 Å². The third-order valence-electron chi connectivity index (χ3n) is 2.83. The van der Waals surface area contributed by atoms with Crippen LogP contribution in [0.4, 0.5) is 0 Å². The normalized spacial score (nSPS) is 10.8. The van der Waals surface area contributed by atoms with Gasteiger partial charge in [0.25, 0.3) is 0 Å². The molecular formula is C16H15NO5. The Kier molecular flexibility index (Phi) is 5.08. The molecule has 0 aliphatic rings. The van der Waals surface area contributed by atoms with Crippen LogP contribution in [0.5, 0.6) is 0 Å². The second-order valence-electron chi connectivity index (χ2n) is 4.37. The van der Waals surface area contributed by atoms with Crippen molar-refractivity contribution in [1.29, 1.82) is 0 Å². The molecule has 6 nitrogen and oxygen atoms in total. The number of benzene rings is 1. The monoisotopic (exact) mass is 301 g/mol. The predicted octanol–water partition coefficient (Wildman–Crippen LogP) is 1.49. The molecule has 0 spiro atoms. The van der Waals surface area contributed by atoms with Crippen molar-refractivity contribution in [3.05, 3.63) is 52.4 Å². The number of rotatable bonds is 5. The molecule has 0 aliphatic heterocycles. The van der Waals surface area contributed by atoms with E-state index in [1.54, 1.807) is 31.2 Å². The van der Waals surface area contributed by atoms with Gasteiger partial charge in [-0.05, 0) is 25.1 Å². The van der Waals surface area contributed by atoms with Crippen molar-refractivity contribution in [1.82, 2.24) is 5.32 Å². The van der Waals surface area contributed by atoms with Gasteiger partial charge in [0, 0.05) is 6.08 Å². The Balaban J connectivity index is 2.07. The van der Waals surface area contributed by atoms with Gasteiger partial charge >= 0.3 is 5.97 Å². The number of esters is 1. The highest BCUT2D eigenvalue weighted by molar-refractivity contribution is 5.94. The predicted molar refractivity (Wildman–Crippen MR) is 81.2 cm³/mol. The van der Waals surface area contributed by atoms with Gasteiger partial charge in [0.15, 0.2) is 5.43 Å². The zero-order chi connectivity index (χ0) is 15.9. The summed E-state index contributed by atoms with van der Waals surface area (Å²) in [7, 11) is 0. The Morgan fingerprint density at radius 2 is 2.09 bits per heavy atom. The number of fused-ring (bicyclic) bond motifs is 1. The summed E-state index contributed by atoms with van der Waals surface area (Å²) in [5.41, 5.74) is 0.512. The van der Waals surface area contributed by atoms with Crippen molar-refractivity contribution >= 4 is 28.9 Å². The molecule has 0 radical (unpaired) electrons. The van der Waals surface area contributed by atoms with E-state index in [-0.39, 0.29) is 24.1 Å². The second-order valence-corrected chi connectivity index (χ2v) is 4.37. The number of nitrogens with one attached hydrogen (secondary N) is 1. The smallest absolute Gasteiger partial charge is 0.325 e. The summed E-state index contributed by atoms with van der Waals surface area (Å²) in [5.74, 6) is -1.02. The molecule has 0 atom stereocenters. The molecule has 6 heteroatoms. The molecule has 0 saturated heterocycles. The van der Waals surface area contributed by atoms with E-state index >= 15 is 0 Å². The van der Waals surface area contributed by atoms with Gasteiger partial charge in [-0.1, -0.05) is 12.1 Å². The molecule has 22 heavy (non-hydrogen) atoms. The molecule has 1 amide bonds. The molecule has 1 aromatic carbocycles. The molecule has 0 unspecified atom stereocenters. The van der Waals surface area contributed by atoms with Crippen LogP contribution in [0.2, 0.25) is 0 Å². The molecule has 0 bridgehead atoms. The zero-order valence-electron chi connectivity index (χ0n) is 12.0. The average Bonchev–Trinajstić information content (AvgIpc) is 2.53. The highest BCUT2D eigenvalue weighted by Gasteiger charge is 2.05. The van der Waals surface area contributed by atoms with E-state index < -0.39 is 11.9 Å². The van der Waals surface area contributed by atoms with Crippen LogP contribution in [-0.4, -0.2) is 25.0 Å². The maximum atomic E-state index is 12.2. The van der Waals surface area contributed by atoms with Crippen LogP contribution >= 0.6 is 0 Å². The van der Waals surface area contributed by atoms with Crippen LogP contribution in [-0.2, 0) is 14.3 Å². The Morgan fingerprint density at radius 1 is 1.32 bits per heavy atom. The van der Waals surface area contributed by atoms with Gasteiger partial charge < -0.3 is 14.5 Å². The van der Waals surface area contributed by atoms with Crippen molar-refractivity contribution in [2.75, 3.05) is 13.2 Å². The molecule has 0 aliphatic carbocycles. The van der Waals surface area contributed by atoms with Crippen LogP contribution in [0.15, 0.2) is 45.8 Å². The van der Waals surface area contributed by atoms with Crippen molar-refractivity contribution in [3.8, 4) is 0 Å². The molecule has 2 rings (SSSR count).